The van der Waals surface area contributed by atoms with Crippen LogP contribution in [-0.4, -0.2) is 36.6 Å². The van der Waals surface area contributed by atoms with Crippen LogP contribution in [0.15, 0.2) is 0 Å². The van der Waals surface area contributed by atoms with Gasteiger partial charge in [-0.3, -0.25) is 4.79 Å². The van der Waals surface area contributed by atoms with Crippen molar-refractivity contribution in [3.8, 4) is 0 Å². The third kappa shape index (κ3) is 4.97. The number of carbonyl (C=O) groups excluding carboxylic acids is 1. The normalized spacial score (nSPS) is 19.4. The second kappa shape index (κ2) is 8.52. The van der Waals surface area contributed by atoms with Crippen LogP contribution in [0.5, 0.6) is 0 Å². The van der Waals surface area contributed by atoms with Crippen molar-refractivity contribution in [2.75, 3.05) is 19.7 Å². The van der Waals surface area contributed by atoms with E-state index in [2.05, 4.69) is 20.8 Å². The molecule has 1 fully saturated rings. The third-order valence-corrected chi connectivity index (χ3v) is 4.07. The number of ether oxygens (including phenoxy) is 1. The molecule has 0 aromatic carbocycles. The lowest BCUT2D eigenvalue weighted by molar-refractivity contribution is -0.132. The maximum Gasteiger partial charge on any atom is 0.222 e. The Bertz CT molecular complexity index is 233. The molecule has 1 amide bonds. The summed E-state index contributed by atoms with van der Waals surface area (Å²) in [7, 11) is 0. The summed E-state index contributed by atoms with van der Waals surface area (Å²) in [4.78, 5) is 14.2. The largest absolute Gasteiger partial charge is 0.378 e. The van der Waals surface area contributed by atoms with Crippen LogP contribution in [0.2, 0.25) is 0 Å². The first-order valence-corrected chi connectivity index (χ1v) is 7.60. The van der Waals surface area contributed by atoms with Gasteiger partial charge in [-0.05, 0) is 32.1 Å². The number of hydrogen-bond acceptors (Lipinski definition) is 2. The van der Waals surface area contributed by atoms with E-state index < -0.39 is 0 Å². The number of carbonyl (C=O) groups is 1. The summed E-state index contributed by atoms with van der Waals surface area (Å²) in [6.07, 6.45) is 6.49. The van der Waals surface area contributed by atoms with E-state index in [9.17, 15) is 4.79 Å². The molecule has 1 saturated heterocycles. The van der Waals surface area contributed by atoms with Gasteiger partial charge in [0, 0.05) is 26.1 Å². The van der Waals surface area contributed by atoms with Crippen molar-refractivity contribution in [2.45, 2.75) is 65.4 Å². The summed E-state index contributed by atoms with van der Waals surface area (Å²) in [5.74, 6) is 0.955. The predicted molar refractivity (Wildman–Crippen MR) is 74.5 cm³/mol. The topological polar surface area (TPSA) is 29.5 Å². The van der Waals surface area contributed by atoms with E-state index in [4.69, 9.17) is 4.74 Å². The lowest BCUT2D eigenvalue weighted by Crippen LogP contribution is -2.35. The molecule has 1 atom stereocenters. The van der Waals surface area contributed by atoms with Gasteiger partial charge in [-0.15, -0.1) is 0 Å². The number of nitrogens with zero attached hydrogens (tertiary/aromatic N) is 1. The highest BCUT2D eigenvalue weighted by Crippen LogP contribution is 2.18. The standard InChI is InChI=1S/C15H29NO2/c1-4-13(5-2)12-16(6-3)15(17)10-9-14-8-7-11-18-14/h13-14H,4-12H2,1-3H3. The van der Waals surface area contributed by atoms with Gasteiger partial charge in [-0.25, -0.2) is 0 Å². The Balaban J connectivity index is 2.31. The third-order valence-electron chi connectivity index (χ3n) is 4.07. The zero-order chi connectivity index (χ0) is 13.4. The molecular weight excluding hydrogens is 226 g/mol. The average Bonchev–Trinajstić information content (AvgIpc) is 2.90. The van der Waals surface area contributed by atoms with Crippen LogP contribution in [0.1, 0.15) is 59.3 Å². The van der Waals surface area contributed by atoms with Gasteiger partial charge in [0.25, 0.3) is 0 Å². The summed E-state index contributed by atoms with van der Waals surface area (Å²) in [6, 6.07) is 0. The molecular formula is C15H29NO2. The van der Waals surface area contributed by atoms with Crippen molar-refractivity contribution in [1.29, 1.82) is 0 Å². The summed E-state index contributed by atoms with van der Waals surface area (Å²) >= 11 is 0. The van der Waals surface area contributed by atoms with E-state index in [1.54, 1.807) is 0 Å². The minimum Gasteiger partial charge on any atom is -0.378 e. The smallest absolute Gasteiger partial charge is 0.222 e. The van der Waals surface area contributed by atoms with Crippen molar-refractivity contribution in [2.24, 2.45) is 5.92 Å². The van der Waals surface area contributed by atoms with Gasteiger partial charge in [0.1, 0.15) is 0 Å². The number of rotatable bonds is 8. The van der Waals surface area contributed by atoms with E-state index in [0.29, 0.717) is 24.3 Å². The molecule has 1 aliphatic rings. The van der Waals surface area contributed by atoms with E-state index >= 15 is 0 Å². The molecule has 0 aromatic rings. The lowest BCUT2D eigenvalue weighted by atomic mass is 10.0. The van der Waals surface area contributed by atoms with Gasteiger partial charge in [0.05, 0.1) is 6.10 Å². The summed E-state index contributed by atoms with van der Waals surface area (Å²) < 4.78 is 5.57. The highest BCUT2D eigenvalue weighted by Gasteiger charge is 2.20. The van der Waals surface area contributed by atoms with Gasteiger partial charge in [0.2, 0.25) is 5.91 Å². The first-order chi connectivity index (χ1) is 8.71. The van der Waals surface area contributed by atoms with Gasteiger partial charge < -0.3 is 9.64 Å². The second-order valence-electron chi connectivity index (χ2n) is 5.29. The maximum atomic E-state index is 12.2. The zero-order valence-corrected chi connectivity index (χ0v) is 12.3. The molecule has 1 rings (SSSR count). The van der Waals surface area contributed by atoms with Crippen LogP contribution < -0.4 is 0 Å². The molecule has 1 heterocycles. The molecule has 1 aliphatic heterocycles. The highest BCUT2D eigenvalue weighted by atomic mass is 16.5. The van der Waals surface area contributed by atoms with Crippen LogP contribution in [-0.2, 0) is 9.53 Å². The number of hydrogen-bond donors (Lipinski definition) is 0. The molecule has 3 nitrogen and oxygen atoms in total. The Labute approximate surface area is 112 Å². The minimum absolute atomic E-state index is 0.305. The average molecular weight is 255 g/mol. The monoisotopic (exact) mass is 255 g/mol. The summed E-state index contributed by atoms with van der Waals surface area (Å²) in [6.45, 7) is 9.13. The Morgan fingerprint density at radius 1 is 1.33 bits per heavy atom. The lowest BCUT2D eigenvalue weighted by Gasteiger charge is -2.26. The summed E-state index contributed by atoms with van der Waals surface area (Å²) in [5.41, 5.74) is 0. The van der Waals surface area contributed by atoms with Gasteiger partial charge in [-0.1, -0.05) is 26.7 Å². The molecule has 0 radical (unpaired) electrons. The van der Waals surface area contributed by atoms with Crippen LogP contribution >= 0.6 is 0 Å². The van der Waals surface area contributed by atoms with Gasteiger partial charge in [-0.2, -0.15) is 0 Å². The number of amides is 1. The molecule has 3 heteroatoms. The predicted octanol–water partition coefficient (Wildman–Crippen LogP) is 3.23. The fourth-order valence-corrected chi connectivity index (χ4v) is 2.58. The van der Waals surface area contributed by atoms with E-state index in [0.717, 1.165) is 51.8 Å². The Hall–Kier alpha value is -0.570. The fraction of sp³-hybridized carbons (Fsp3) is 0.933. The first kappa shape index (κ1) is 15.5. The fourth-order valence-electron chi connectivity index (χ4n) is 2.58. The van der Waals surface area contributed by atoms with Crippen LogP contribution in [0, 0.1) is 5.92 Å². The quantitative estimate of drug-likeness (QED) is 0.666. The Morgan fingerprint density at radius 2 is 2.06 bits per heavy atom. The highest BCUT2D eigenvalue weighted by molar-refractivity contribution is 5.76. The SMILES string of the molecule is CCC(CC)CN(CC)C(=O)CCC1CCCO1. The zero-order valence-electron chi connectivity index (χ0n) is 12.3. The van der Waals surface area contributed by atoms with E-state index in [1.165, 1.54) is 0 Å². The minimum atomic E-state index is 0.305. The van der Waals surface area contributed by atoms with Crippen LogP contribution in [0.25, 0.3) is 0 Å². The van der Waals surface area contributed by atoms with E-state index in [-0.39, 0.29) is 0 Å². The molecule has 0 N–H and O–H groups in total. The molecule has 0 aromatic heterocycles. The van der Waals surface area contributed by atoms with Crippen molar-refractivity contribution >= 4 is 5.91 Å². The molecule has 0 saturated carbocycles. The molecule has 0 bridgehead atoms. The molecule has 0 aliphatic carbocycles. The summed E-state index contributed by atoms with van der Waals surface area (Å²) in [5, 5.41) is 0. The van der Waals surface area contributed by atoms with Crippen molar-refractivity contribution in [3.63, 3.8) is 0 Å². The van der Waals surface area contributed by atoms with Gasteiger partial charge >= 0.3 is 0 Å². The molecule has 18 heavy (non-hydrogen) atoms. The van der Waals surface area contributed by atoms with Gasteiger partial charge in [0.15, 0.2) is 0 Å². The maximum absolute atomic E-state index is 12.2. The van der Waals surface area contributed by atoms with E-state index in [1.807, 2.05) is 4.90 Å². The first-order valence-electron chi connectivity index (χ1n) is 7.60. The van der Waals surface area contributed by atoms with Crippen LogP contribution in [0.3, 0.4) is 0 Å². The van der Waals surface area contributed by atoms with Crippen molar-refractivity contribution in [3.05, 3.63) is 0 Å². The van der Waals surface area contributed by atoms with Crippen molar-refractivity contribution in [1.82, 2.24) is 4.90 Å². The molecule has 106 valence electrons. The Kier molecular flexibility index (Phi) is 7.33. The second-order valence-corrected chi connectivity index (χ2v) is 5.29. The molecule has 1 unspecified atom stereocenters. The van der Waals surface area contributed by atoms with Crippen LogP contribution in [0.4, 0.5) is 0 Å². The molecule has 0 spiro atoms. The van der Waals surface area contributed by atoms with Crippen molar-refractivity contribution < 1.29 is 9.53 Å². The Morgan fingerprint density at radius 3 is 2.56 bits per heavy atom.